The molecule has 7 nitrogen and oxygen atoms in total. The molecule has 0 spiro atoms. The van der Waals surface area contributed by atoms with Gasteiger partial charge in [0.15, 0.2) is 11.4 Å². The summed E-state index contributed by atoms with van der Waals surface area (Å²) in [4.78, 5) is 19.7. The maximum atomic E-state index is 11.3. The molecule has 3 heterocycles. The Balaban J connectivity index is 1.86. The minimum Gasteiger partial charge on any atom is -0.502 e. The van der Waals surface area contributed by atoms with Gasteiger partial charge in [-0.05, 0) is 0 Å². The van der Waals surface area contributed by atoms with Crippen LogP contribution >= 0.6 is 11.8 Å². The van der Waals surface area contributed by atoms with Gasteiger partial charge in [-0.15, -0.1) is 0 Å². The van der Waals surface area contributed by atoms with Crippen LogP contribution in [-0.2, 0) is 12.8 Å². The molecule has 1 N–H and O–H groups in total. The maximum Gasteiger partial charge on any atom is 0.226 e. The fourth-order valence-electron chi connectivity index (χ4n) is 1.71. The highest BCUT2D eigenvalue weighted by Crippen LogP contribution is 2.26. The first-order valence-electron chi connectivity index (χ1n) is 5.71. The number of rotatable bonds is 3. The highest BCUT2D eigenvalue weighted by atomic mass is 32.2. The third-order valence-corrected chi connectivity index (χ3v) is 3.74. The van der Waals surface area contributed by atoms with Crippen LogP contribution in [0.15, 0.2) is 39.1 Å². The van der Waals surface area contributed by atoms with Crippen LogP contribution in [0.4, 0.5) is 0 Å². The van der Waals surface area contributed by atoms with Crippen molar-refractivity contribution in [3.8, 4) is 5.75 Å². The predicted octanol–water partition coefficient (Wildman–Crippen LogP) is 1.31. The zero-order chi connectivity index (χ0) is 14.1. The second kappa shape index (κ2) is 4.97. The smallest absolute Gasteiger partial charge is 0.226 e. The van der Waals surface area contributed by atoms with Crippen molar-refractivity contribution >= 4 is 22.8 Å². The molecule has 3 aromatic rings. The molecule has 20 heavy (non-hydrogen) atoms. The Morgan fingerprint density at radius 3 is 3.10 bits per heavy atom. The van der Waals surface area contributed by atoms with Crippen LogP contribution in [0.3, 0.4) is 0 Å². The van der Waals surface area contributed by atoms with E-state index in [-0.39, 0.29) is 0 Å². The zero-order valence-corrected chi connectivity index (χ0v) is 11.3. The SMILES string of the molecule is Cn1ncc2c(SCc3cc(=O)c(O)co3)ncnc21. The van der Waals surface area contributed by atoms with E-state index in [1.54, 1.807) is 10.9 Å². The van der Waals surface area contributed by atoms with Gasteiger partial charge in [0.25, 0.3) is 0 Å². The van der Waals surface area contributed by atoms with Gasteiger partial charge < -0.3 is 9.52 Å². The lowest BCUT2D eigenvalue weighted by Crippen LogP contribution is -1.99. The Morgan fingerprint density at radius 2 is 2.30 bits per heavy atom. The van der Waals surface area contributed by atoms with Crippen molar-refractivity contribution in [3.63, 3.8) is 0 Å². The standard InChI is InChI=1S/C12H10N4O3S/c1-16-11-8(3-15-16)12(14-6-13-11)20-5-7-2-9(17)10(18)4-19-7/h2-4,6,18H,5H2,1H3. The second-order valence-corrected chi connectivity index (χ2v) is 5.03. The van der Waals surface area contributed by atoms with Crippen LogP contribution in [0.5, 0.6) is 5.75 Å². The van der Waals surface area contributed by atoms with E-state index in [1.807, 2.05) is 7.05 Å². The lowest BCUT2D eigenvalue weighted by Gasteiger charge is -2.01. The Kier molecular flexibility index (Phi) is 3.15. The number of fused-ring (bicyclic) bond motifs is 1. The minimum absolute atomic E-state index is 0.393. The number of aromatic hydroxyl groups is 1. The molecule has 3 aromatic heterocycles. The van der Waals surface area contributed by atoms with Gasteiger partial charge in [0.1, 0.15) is 23.4 Å². The normalized spacial score (nSPS) is 11.1. The predicted molar refractivity (Wildman–Crippen MR) is 72.5 cm³/mol. The monoisotopic (exact) mass is 290 g/mol. The van der Waals surface area contributed by atoms with Crippen molar-refractivity contribution in [2.45, 2.75) is 10.8 Å². The maximum absolute atomic E-state index is 11.3. The molecule has 0 radical (unpaired) electrons. The molecule has 0 bridgehead atoms. The van der Waals surface area contributed by atoms with Crippen LogP contribution in [-0.4, -0.2) is 24.9 Å². The number of aromatic nitrogens is 4. The summed E-state index contributed by atoms with van der Waals surface area (Å²) in [5.41, 5.74) is 0.288. The fourth-order valence-corrected chi connectivity index (χ4v) is 2.57. The number of aryl methyl sites for hydroxylation is 1. The molecule has 0 atom stereocenters. The zero-order valence-electron chi connectivity index (χ0n) is 10.5. The molecule has 0 fully saturated rings. The largest absolute Gasteiger partial charge is 0.502 e. The second-order valence-electron chi connectivity index (χ2n) is 4.07. The van der Waals surface area contributed by atoms with E-state index >= 15 is 0 Å². The Morgan fingerprint density at radius 1 is 1.45 bits per heavy atom. The molecule has 0 aliphatic rings. The van der Waals surface area contributed by atoms with Crippen molar-refractivity contribution in [3.05, 3.63) is 40.8 Å². The molecule has 0 aliphatic carbocycles. The first-order chi connectivity index (χ1) is 9.65. The Bertz CT molecular complexity index is 827. The van der Waals surface area contributed by atoms with Gasteiger partial charge in [-0.25, -0.2) is 9.97 Å². The summed E-state index contributed by atoms with van der Waals surface area (Å²) >= 11 is 1.41. The lowest BCUT2D eigenvalue weighted by atomic mass is 10.4. The average Bonchev–Trinajstić information content (AvgIpc) is 2.83. The molecule has 0 unspecified atom stereocenters. The van der Waals surface area contributed by atoms with E-state index in [9.17, 15) is 4.79 Å². The summed E-state index contributed by atoms with van der Waals surface area (Å²) in [6.07, 6.45) is 4.21. The van der Waals surface area contributed by atoms with E-state index in [1.165, 1.54) is 24.2 Å². The minimum atomic E-state index is -0.457. The van der Waals surface area contributed by atoms with Crippen LogP contribution in [0.1, 0.15) is 5.76 Å². The van der Waals surface area contributed by atoms with Crippen molar-refractivity contribution in [1.29, 1.82) is 0 Å². The summed E-state index contributed by atoms with van der Waals surface area (Å²) in [7, 11) is 1.81. The van der Waals surface area contributed by atoms with Gasteiger partial charge in [-0.3, -0.25) is 9.48 Å². The van der Waals surface area contributed by atoms with Gasteiger partial charge in [0.05, 0.1) is 17.3 Å². The van der Waals surface area contributed by atoms with Crippen LogP contribution in [0.2, 0.25) is 0 Å². The van der Waals surface area contributed by atoms with E-state index < -0.39 is 11.2 Å². The lowest BCUT2D eigenvalue weighted by molar-refractivity contribution is 0.419. The van der Waals surface area contributed by atoms with E-state index in [2.05, 4.69) is 15.1 Å². The first-order valence-corrected chi connectivity index (χ1v) is 6.70. The van der Waals surface area contributed by atoms with Gasteiger partial charge in [-0.1, -0.05) is 11.8 Å². The van der Waals surface area contributed by atoms with Crippen LogP contribution in [0, 0.1) is 0 Å². The van der Waals surface area contributed by atoms with Crippen LogP contribution < -0.4 is 5.43 Å². The molecule has 0 aromatic carbocycles. The number of nitrogens with zero attached hydrogens (tertiary/aromatic N) is 4. The molecule has 8 heteroatoms. The number of thioether (sulfide) groups is 1. The highest BCUT2D eigenvalue weighted by molar-refractivity contribution is 7.98. The van der Waals surface area contributed by atoms with E-state index in [0.717, 1.165) is 22.3 Å². The molecule has 0 saturated heterocycles. The number of hydrogen-bond acceptors (Lipinski definition) is 7. The summed E-state index contributed by atoms with van der Waals surface area (Å²) in [6.45, 7) is 0. The van der Waals surface area contributed by atoms with Gasteiger partial charge in [0.2, 0.25) is 5.43 Å². The molecule has 0 saturated carbocycles. The molecular weight excluding hydrogens is 280 g/mol. The summed E-state index contributed by atoms with van der Waals surface area (Å²) in [5.74, 6) is 0.500. The van der Waals surface area contributed by atoms with E-state index in [0.29, 0.717) is 11.5 Å². The van der Waals surface area contributed by atoms with Gasteiger partial charge in [0, 0.05) is 13.1 Å². The molecular formula is C12H10N4O3S. The van der Waals surface area contributed by atoms with Gasteiger partial charge >= 0.3 is 0 Å². The topological polar surface area (TPSA) is 94.0 Å². The third kappa shape index (κ3) is 2.25. The number of hydrogen-bond donors (Lipinski definition) is 1. The highest BCUT2D eigenvalue weighted by Gasteiger charge is 2.09. The van der Waals surface area contributed by atoms with Gasteiger partial charge in [-0.2, -0.15) is 5.10 Å². The molecule has 0 aliphatic heterocycles. The summed E-state index contributed by atoms with van der Waals surface area (Å²) < 4.78 is 6.81. The van der Waals surface area contributed by atoms with E-state index in [4.69, 9.17) is 9.52 Å². The van der Waals surface area contributed by atoms with Crippen molar-refractivity contribution in [2.75, 3.05) is 0 Å². The average molecular weight is 290 g/mol. The fraction of sp³-hybridized carbons (Fsp3) is 0.167. The quantitative estimate of drug-likeness (QED) is 0.574. The molecule has 0 amide bonds. The van der Waals surface area contributed by atoms with Crippen LogP contribution in [0.25, 0.3) is 11.0 Å². The van der Waals surface area contributed by atoms with Crippen molar-refractivity contribution in [1.82, 2.24) is 19.7 Å². The summed E-state index contributed by atoms with van der Waals surface area (Å²) in [5, 5.41) is 14.9. The Labute approximate surface area is 117 Å². The van der Waals surface area contributed by atoms with Crippen molar-refractivity contribution in [2.24, 2.45) is 7.05 Å². The first kappa shape index (κ1) is 12.7. The molecule has 3 rings (SSSR count). The summed E-state index contributed by atoms with van der Waals surface area (Å²) in [6, 6.07) is 1.27. The third-order valence-electron chi connectivity index (χ3n) is 2.71. The van der Waals surface area contributed by atoms with Crippen molar-refractivity contribution < 1.29 is 9.52 Å². The Hall–Kier alpha value is -2.35. The molecule has 102 valence electrons.